The van der Waals surface area contributed by atoms with Gasteiger partial charge in [-0.15, -0.1) is 0 Å². The average Bonchev–Trinajstić information content (AvgIpc) is 2.42. The van der Waals surface area contributed by atoms with Crippen LogP contribution in [0.3, 0.4) is 0 Å². The van der Waals surface area contributed by atoms with Gasteiger partial charge in [0.05, 0.1) is 27.2 Å². The third kappa shape index (κ3) is 3.18. The summed E-state index contributed by atoms with van der Waals surface area (Å²) in [5.41, 5.74) is 2.02. The summed E-state index contributed by atoms with van der Waals surface area (Å²) in [5.74, 6) is 0. The normalized spacial score (nSPS) is 11.0. The molecule has 0 bridgehead atoms. The van der Waals surface area contributed by atoms with Gasteiger partial charge in [0.25, 0.3) is 10.0 Å². The summed E-state index contributed by atoms with van der Waals surface area (Å²) in [6.45, 7) is 3.42. The van der Waals surface area contributed by atoms with Crippen molar-refractivity contribution in [3.8, 4) is 6.07 Å². The molecule has 0 aliphatic rings. The number of nitriles is 1. The van der Waals surface area contributed by atoms with Gasteiger partial charge in [0.2, 0.25) is 0 Å². The number of rotatable bonds is 3. The topological polar surface area (TPSA) is 70.0 Å². The van der Waals surface area contributed by atoms with E-state index in [-0.39, 0.29) is 4.90 Å². The largest absolute Gasteiger partial charge is 0.278 e. The molecule has 0 aromatic heterocycles. The first-order valence-corrected chi connectivity index (χ1v) is 8.00. The fourth-order valence-corrected chi connectivity index (χ4v) is 3.68. The van der Waals surface area contributed by atoms with Gasteiger partial charge in [0, 0.05) is 0 Å². The van der Waals surface area contributed by atoms with Crippen LogP contribution in [-0.4, -0.2) is 8.42 Å². The van der Waals surface area contributed by atoms with Crippen molar-refractivity contribution in [3.63, 3.8) is 0 Å². The number of nitrogens with zero attached hydrogens (tertiary/aromatic N) is 1. The van der Waals surface area contributed by atoms with E-state index in [0.29, 0.717) is 21.8 Å². The van der Waals surface area contributed by atoms with Gasteiger partial charge in [-0.25, -0.2) is 8.42 Å². The maximum Gasteiger partial charge on any atom is 0.262 e. The Morgan fingerprint density at radius 2 is 1.86 bits per heavy atom. The fraction of sp³-hybridized carbons (Fsp3) is 0.133. The SMILES string of the molecule is Cc1cc(C#N)ccc1S(=O)(=O)Nc1c(C)cccc1Cl. The average molecular weight is 321 g/mol. The number of para-hydroxylation sites is 1. The van der Waals surface area contributed by atoms with Crippen molar-refractivity contribution in [1.29, 1.82) is 5.26 Å². The number of hydrogen-bond acceptors (Lipinski definition) is 3. The minimum atomic E-state index is -3.76. The summed E-state index contributed by atoms with van der Waals surface area (Å²) >= 11 is 6.04. The molecule has 0 saturated carbocycles. The lowest BCUT2D eigenvalue weighted by Crippen LogP contribution is -2.15. The molecule has 0 fully saturated rings. The summed E-state index contributed by atoms with van der Waals surface area (Å²) in [7, 11) is -3.76. The summed E-state index contributed by atoms with van der Waals surface area (Å²) in [6, 6.07) is 11.6. The first-order valence-electron chi connectivity index (χ1n) is 6.14. The molecular weight excluding hydrogens is 308 g/mol. The van der Waals surface area contributed by atoms with Crippen molar-refractivity contribution in [3.05, 3.63) is 58.1 Å². The highest BCUT2D eigenvalue weighted by molar-refractivity contribution is 7.92. The Bertz CT molecular complexity index is 819. The Morgan fingerprint density at radius 1 is 1.14 bits per heavy atom. The van der Waals surface area contributed by atoms with E-state index in [1.54, 1.807) is 32.0 Å². The van der Waals surface area contributed by atoms with Crippen molar-refractivity contribution >= 4 is 27.3 Å². The third-order valence-corrected chi connectivity index (χ3v) is 4.88. The van der Waals surface area contributed by atoms with Gasteiger partial charge in [-0.05, 0) is 49.2 Å². The Kier molecular flexibility index (Phi) is 4.21. The quantitative estimate of drug-likeness (QED) is 0.938. The van der Waals surface area contributed by atoms with Gasteiger partial charge in [0.1, 0.15) is 0 Å². The lowest BCUT2D eigenvalue weighted by Gasteiger charge is -2.13. The summed E-state index contributed by atoms with van der Waals surface area (Å²) in [5, 5.41) is 9.17. The smallest absolute Gasteiger partial charge is 0.262 e. The molecule has 6 heteroatoms. The van der Waals surface area contributed by atoms with Crippen LogP contribution >= 0.6 is 11.6 Å². The number of nitrogens with one attached hydrogen (secondary N) is 1. The monoisotopic (exact) mass is 320 g/mol. The van der Waals surface area contributed by atoms with Gasteiger partial charge >= 0.3 is 0 Å². The van der Waals surface area contributed by atoms with E-state index in [9.17, 15) is 8.42 Å². The highest BCUT2D eigenvalue weighted by Gasteiger charge is 2.19. The molecule has 0 radical (unpaired) electrons. The number of aryl methyl sites for hydroxylation is 2. The lowest BCUT2D eigenvalue weighted by molar-refractivity contribution is 0.600. The second-order valence-electron chi connectivity index (χ2n) is 4.63. The zero-order chi connectivity index (χ0) is 15.6. The van der Waals surface area contributed by atoms with Crippen molar-refractivity contribution in [2.24, 2.45) is 0 Å². The molecule has 2 aromatic carbocycles. The molecule has 4 nitrogen and oxygen atoms in total. The highest BCUT2D eigenvalue weighted by atomic mass is 35.5. The van der Waals surface area contributed by atoms with Crippen LogP contribution in [0.15, 0.2) is 41.3 Å². The first kappa shape index (κ1) is 15.4. The van der Waals surface area contributed by atoms with E-state index in [0.717, 1.165) is 5.56 Å². The summed E-state index contributed by atoms with van der Waals surface area (Å²) < 4.78 is 27.5. The number of benzene rings is 2. The minimum absolute atomic E-state index is 0.126. The molecule has 0 aliphatic carbocycles. The van der Waals surface area contributed by atoms with Crippen molar-refractivity contribution in [1.82, 2.24) is 0 Å². The molecule has 0 atom stereocenters. The fourth-order valence-electron chi connectivity index (χ4n) is 1.97. The molecule has 0 spiro atoms. The van der Waals surface area contributed by atoms with E-state index >= 15 is 0 Å². The number of halogens is 1. The molecule has 2 rings (SSSR count). The molecule has 0 saturated heterocycles. The van der Waals surface area contributed by atoms with E-state index in [4.69, 9.17) is 16.9 Å². The molecule has 0 unspecified atom stereocenters. The zero-order valence-electron chi connectivity index (χ0n) is 11.5. The molecule has 0 aliphatic heterocycles. The predicted molar refractivity (Wildman–Crippen MR) is 82.9 cm³/mol. The lowest BCUT2D eigenvalue weighted by atomic mass is 10.2. The summed E-state index contributed by atoms with van der Waals surface area (Å²) in [4.78, 5) is 0.126. The van der Waals surface area contributed by atoms with Crippen LogP contribution in [0.4, 0.5) is 5.69 Å². The minimum Gasteiger partial charge on any atom is -0.278 e. The molecule has 0 amide bonds. The zero-order valence-corrected chi connectivity index (χ0v) is 13.1. The van der Waals surface area contributed by atoms with E-state index < -0.39 is 10.0 Å². The standard InChI is InChI=1S/C15H13ClN2O2S/c1-10-4-3-5-13(16)15(10)18-21(19,20)14-7-6-12(9-17)8-11(14)2/h3-8,18H,1-2H3. The molecule has 1 N–H and O–H groups in total. The van der Waals surface area contributed by atoms with Crippen molar-refractivity contribution < 1.29 is 8.42 Å². The van der Waals surface area contributed by atoms with Gasteiger partial charge < -0.3 is 0 Å². The van der Waals surface area contributed by atoms with Gasteiger partial charge in [-0.3, -0.25) is 4.72 Å². The van der Waals surface area contributed by atoms with Gasteiger partial charge in [0.15, 0.2) is 0 Å². The second-order valence-corrected chi connectivity index (χ2v) is 6.69. The molecule has 21 heavy (non-hydrogen) atoms. The van der Waals surface area contributed by atoms with Crippen LogP contribution in [0.2, 0.25) is 5.02 Å². The van der Waals surface area contributed by atoms with Crippen LogP contribution in [0, 0.1) is 25.2 Å². The van der Waals surface area contributed by atoms with E-state index in [1.165, 1.54) is 18.2 Å². The Balaban J connectivity index is 2.47. The van der Waals surface area contributed by atoms with Crippen LogP contribution in [-0.2, 0) is 10.0 Å². The maximum atomic E-state index is 12.5. The second kappa shape index (κ2) is 5.76. The van der Waals surface area contributed by atoms with Crippen molar-refractivity contribution in [2.75, 3.05) is 4.72 Å². The molecular formula is C15H13ClN2O2S. The van der Waals surface area contributed by atoms with E-state index in [2.05, 4.69) is 4.72 Å². The first-order chi connectivity index (χ1) is 9.85. The Morgan fingerprint density at radius 3 is 2.43 bits per heavy atom. The highest BCUT2D eigenvalue weighted by Crippen LogP contribution is 2.28. The van der Waals surface area contributed by atoms with Crippen LogP contribution in [0.5, 0.6) is 0 Å². The third-order valence-electron chi connectivity index (χ3n) is 3.05. The summed E-state index contributed by atoms with van der Waals surface area (Å²) in [6.07, 6.45) is 0. The van der Waals surface area contributed by atoms with Crippen molar-refractivity contribution in [2.45, 2.75) is 18.7 Å². The predicted octanol–water partition coefficient (Wildman–Crippen LogP) is 3.63. The van der Waals surface area contributed by atoms with Gasteiger partial charge in [-0.1, -0.05) is 23.7 Å². The number of sulfonamides is 1. The maximum absolute atomic E-state index is 12.5. The van der Waals surface area contributed by atoms with E-state index in [1.807, 2.05) is 6.07 Å². The van der Waals surface area contributed by atoms with Crippen LogP contribution in [0.1, 0.15) is 16.7 Å². The number of hydrogen-bond donors (Lipinski definition) is 1. The van der Waals surface area contributed by atoms with Crippen LogP contribution in [0.25, 0.3) is 0 Å². The molecule has 2 aromatic rings. The Hall–Kier alpha value is -2.03. The van der Waals surface area contributed by atoms with Crippen LogP contribution < -0.4 is 4.72 Å². The Labute approximate surface area is 129 Å². The molecule has 108 valence electrons. The van der Waals surface area contributed by atoms with Gasteiger partial charge in [-0.2, -0.15) is 5.26 Å². The number of anilines is 1. The molecule has 0 heterocycles.